The number of fused-ring (bicyclic) bond motifs is 17. The quantitative estimate of drug-likeness (QED) is 0.123. The number of rotatable bonds is 6. The van der Waals surface area contributed by atoms with Gasteiger partial charge in [-0.25, -0.2) is 9.97 Å². The maximum absolute atomic E-state index is 9.34. The van der Waals surface area contributed by atoms with Crippen molar-refractivity contribution >= 4 is 87.5 Å². The molecule has 0 aliphatic rings. The fourth-order valence-electron chi connectivity index (χ4n) is 10.9. The first-order chi connectivity index (χ1) is 42.4. The molecule has 0 saturated carbocycles. The van der Waals surface area contributed by atoms with Gasteiger partial charge in [0, 0.05) is 55.2 Å². The zero-order valence-electron chi connectivity index (χ0n) is 52.7. The first-order valence-electron chi connectivity index (χ1n) is 30.6. The van der Waals surface area contributed by atoms with Crippen molar-refractivity contribution in [1.29, 1.82) is 0 Å². The zero-order chi connectivity index (χ0) is 60.8. The van der Waals surface area contributed by atoms with Gasteiger partial charge in [-0.1, -0.05) is 183 Å². The van der Waals surface area contributed by atoms with Crippen molar-refractivity contribution in [3.05, 3.63) is 261 Å². The molecule has 0 saturated heterocycles. The van der Waals surface area contributed by atoms with Crippen LogP contribution in [0.2, 0.25) is 0 Å². The van der Waals surface area contributed by atoms with E-state index < -0.39 is 60.4 Å². The number of benzene rings is 10. The fourth-order valence-corrected chi connectivity index (χ4v) is 10.9. The Bertz CT molecular complexity index is 5490. The normalized spacial score (nSPS) is 13.7. The molecule has 7 nitrogen and oxygen atoms in total. The summed E-state index contributed by atoms with van der Waals surface area (Å²) in [5, 5.41) is 5.97. The predicted molar refractivity (Wildman–Crippen MR) is 318 cm³/mol. The van der Waals surface area contributed by atoms with E-state index in [1.165, 1.54) is 0 Å². The van der Waals surface area contributed by atoms with Crippen LogP contribution in [0, 0.1) is 18.5 Å². The Hall–Kier alpha value is -9.42. The third kappa shape index (κ3) is 8.11. The van der Waals surface area contributed by atoms with Gasteiger partial charge in [-0.3, -0.25) is 8.97 Å². The maximum Gasteiger partial charge on any atom is 0.268 e. The second-order valence-corrected chi connectivity index (χ2v) is 20.3. The predicted octanol–water partition coefficient (Wildman–Crippen LogP) is 17.1. The Morgan fingerprint density at radius 1 is 0.544 bits per heavy atom. The number of imidazole rings is 2. The van der Waals surface area contributed by atoms with Crippen LogP contribution in [0.15, 0.2) is 236 Å². The van der Waals surface area contributed by atoms with Crippen LogP contribution in [0.25, 0.3) is 121 Å². The number of hydrogen-bond donors (Lipinski definition) is 0. The molecule has 0 amide bonds. The molecule has 0 radical (unpaired) electrons. The molecule has 6 bridgehead atoms. The summed E-state index contributed by atoms with van der Waals surface area (Å²) in [6.45, 7) is 6.52. The van der Waals surface area contributed by atoms with Crippen molar-refractivity contribution in [3.63, 3.8) is 0 Å². The van der Waals surface area contributed by atoms with Crippen molar-refractivity contribution in [2.45, 2.75) is 26.2 Å². The molecule has 0 aliphatic heterocycles. The second kappa shape index (κ2) is 18.9. The molecule has 5 heterocycles. The monoisotopic (exact) mass is 1210 g/mol. The van der Waals surface area contributed by atoms with E-state index in [1.807, 2.05) is 126 Å². The van der Waals surface area contributed by atoms with Gasteiger partial charge in [0.2, 0.25) is 0 Å². The van der Waals surface area contributed by atoms with E-state index in [0.29, 0.717) is 33.4 Å². The molecule has 0 N–H and O–H groups in total. The van der Waals surface area contributed by atoms with E-state index in [-0.39, 0.29) is 54.4 Å². The summed E-state index contributed by atoms with van der Waals surface area (Å²) < 4.78 is 105. The Morgan fingerprint density at radius 3 is 1.97 bits per heavy atom. The molecule has 0 unspecified atom stereocenters. The summed E-state index contributed by atoms with van der Waals surface area (Å²) in [6, 6.07) is 56.9. The first-order valence-corrected chi connectivity index (χ1v) is 25.6. The SMILES string of the molecule is [2H]c1c([2H])c([2H])c(-c2cccc(-c3c([2H])c([2H])c([2H])c([2H])c3[2H])c2-[n+]2[c-]n3c4[c-]c(Oc5[c-]c6c(cc5)c5ccccc5n6-c5cc(C(C)(C)C)ccn5)ccc4c4cccc(c4)n4c5ccccc5nc4c4cccc(c4)c4ccc2c3c4)c([2H])c1[2H].[Pt]. The Kier molecular flexibility index (Phi) is 9.16. The van der Waals surface area contributed by atoms with Gasteiger partial charge in [0.15, 0.2) is 0 Å². The fraction of sp³-hybridized carbons (Fsp3) is 0.0563. The van der Waals surface area contributed by atoms with Crippen molar-refractivity contribution in [3.8, 4) is 45.3 Å². The molecule has 79 heavy (non-hydrogen) atoms. The van der Waals surface area contributed by atoms with Gasteiger partial charge in [0.1, 0.15) is 11.5 Å². The van der Waals surface area contributed by atoms with Crippen molar-refractivity contribution < 1.29 is 44.1 Å². The Morgan fingerprint density at radius 2 is 1.20 bits per heavy atom. The summed E-state index contributed by atoms with van der Waals surface area (Å²) in [5.74, 6) is 1.45. The van der Waals surface area contributed by atoms with Gasteiger partial charge in [0.25, 0.3) is 6.33 Å². The molecule has 0 fully saturated rings. The third-order valence-corrected chi connectivity index (χ3v) is 14.6. The smallest absolute Gasteiger partial charge is 0.268 e. The van der Waals surface area contributed by atoms with Crippen LogP contribution >= 0.6 is 0 Å². The molecule has 15 rings (SSSR count). The van der Waals surface area contributed by atoms with Gasteiger partial charge in [-0.05, 0) is 110 Å². The Labute approximate surface area is 484 Å². The number of nitrogens with zero attached hydrogens (tertiary/aromatic N) is 6. The largest absolute Gasteiger partial charge is 0.510 e. The summed E-state index contributed by atoms with van der Waals surface area (Å²) >= 11 is 0. The van der Waals surface area contributed by atoms with E-state index in [2.05, 4.69) is 84.6 Å². The molecule has 0 spiro atoms. The van der Waals surface area contributed by atoms with Gasteiger partial charge in [-0.15, -0.1) is 35.0 Å². The van der Waals surface area contributed by atoms with Gasteiger partial charge in [0.05, 0.1) is 41.5 Å². The number of hydrogen-bond acceptors (Lipinski definition) is 3. The van der Waals surface area contributed by atoms with E-state index in [0.717, 1.165) is 76.9 Å². The summed E-state index contributed by atoms with van der Waals surface area (Å²) in [4.78, 5) is 10.1. The zero-order valence-corrected chi connectivity index (χ0v) is 44.9. The first kappa shape index (κ1) is 38.2. The average Bonchev–Trinajstić information content (AvgIpc) is 1.73. The van der Waals surface area contributed by atoms with E-state index in [9.17, 15) is 5.48 Å². The van der Waals surface area contributed by atoms with Crippen LogP contribution in [0.1, 0.15) is 40.0 Å². The van der Waals surface area contributed by atoms with Crippen LogP contribution < -0.4 is 9.30 Å². The Balaban J connectivity index is 0.00000694. The van der Waals surface area contributed by atoms with Crippen molar-refractivity contribution in [2.75, 3.05) is 0 Å². The molecule has 5 aromatic heterocycles. The minimum atomic E-state index is -0.591. The molecule has 10 aromatic carbocycles. The van der Waals surface area contributed by atoms with Crippen molar-refractivity contribution in [1.82, 2.24) is 23.3 Å². The van der Waals surface area contributed by atoms with Crippen LogP contribution in [-0.2, 0) is 26.5 Å². The van der Waals surface area contributed by atoms with Crippen molar-refractivity contribution in [2.24, 2.45) is 0 Å². The van der Waals surface area contributed by atoms with Crippen LogP contribution in [0.3, 0.4) is 0 Å². The van der Waals surface area contributed by atoms with Crippen LogP contribution in [0.4, 0.5) is 0 Å². The summed E-state index contributed by atoms with van der Waals surface area (Å²) in [7, 11) is 0. The van der Waals surface area contributed by atoms with E-state index in [4.69, 9.17) is 22.9 Å². The molecular formula is C71H48N6OPt-2. The number of pyridine rings is 1. The average molecular weight is 1210 g/mol. The topological polar surface area (TPSA) is 52.6 Å². The van der Waals surface area contributed by atoms with Gasteiger partial charge in [-0.2, -0.15) is 12.1 Å². The second-order valence-electron chi connectivity index (χ2n) is 20.3. The molecule has 8 heteroatoms. The van der Waals surface area contributed by atoms with Gasteiger partial charge < -0.3 is 13.7 Å². The minimum Gasteiger partial charge on any atom is -0.510 e. The molecular weight excluding hydrogens is 1150 g/mol. The molecule has 0 aliphatic carbocycles. The van der Waals surface area contributed by atoms with Crippen LogP contribution in [0.5, 0.6) is 11.5 Å². The van der Waals surface area contributed by atoms with E-state index >= 15 is 0 Å². The van der Waals surface area contributed by atoms with E-state index in [1.54, 1.807) is 22.8 Å². The van der Waals surface area contributed by atoms with Crippen LogP contribution in [-0.4, -0.2) is 23.3 Å². The summed E-state index contributed by atoms with van der Waals surface area (Å²) in [6.07, 6.45) is 5.48. The standard InChI is InChI=1S/C71H48N6O.Pt/c1-71(2,3)52-37-38-72-68(42-52)77-62-29-12-10-25-59(62)60-35-33-55(44-66(60)77)78-54-32-34-56-50-22-15-24-53(40-50)76-63-30-13-11-28-61(63)73-70(76)51-23-14-21-48(39-51)49-31-36-64-67(41-49)74(65(56)43-54)45-75(64)69-57(46-17-6-4-7-18-46)26-16-27-58(69)47-19-8-5-9-20-47;/h4-42H,1-3H3;/q-2;/i4D,5D,6D,7D,8D,9D,17D,18D,19D,20D;. The number of aromatic nitrogens is 6. The molecule has 380 valence electrons. The molecule has 0 atom stereocenters. The minimum absolute atomic E-state index is 0. The molecule has 15 aromatic rings. The summed E-state index contributed by atoms with van der Waals surface area (Å²) in [5.41, 5.74) is 7.51. The number of ether oxygens (including phenoxy) is 1. The maximum atomic E-state index is 9.34. The third-order valence-electron chi connectivity index (χ3n) is 14.6. The number of para-hydroxylation sites is 4. The van der Waals surface area contributed by atoms with Gasteiger partial charge >= 0.3 is 0 Å².